The summed E-state index contributed by atoms with van der Waals surface area (Å²) in [6.45, 7) is 0.141. The number of aromatic nitrogens is 2. The average Bonchev–Trinajstić information content (AvgIpc) is 2.64. The summed E-state index contributed by atoms with van der Waals surface area (Å²) < 4.78 is 5.20. The largest absolute Gasteiger partial charge is 0.345 e. The number of H-pyrrole nitrogens is 1. The molecule has 1 fully saturated rings. The molecule has 5 nitrogen and oxygen atoms in total. The molecule has 2 rings (SSSR count). The SMILES string of the molecule is CN1C(=O)COC1c1ncc[nH]1. The van der Waals surface area contributed by atoms with Crippen molar-refractivity contribution < 1.29 is 9.53 Å². The number of amides is 1. The zero-order chi connectivity index (χ0) is 8.55. The Morgan fingerprint density at radius 3 is 3.17 bits per heavy atom. The molecule has 1 aromatic rings. The number of carbonyl (C=O) groups is 1. The number of imidazole rings is 1. The highest BCUT2D eigenvalue weighted by Crippen LogP contribution is 2.22. The van der Waals surface area contributed by atoms with Gasteiger partial charge >= 0.3 is 0 Å². The normalized spacial score (nSPS) is 23.6. The molecule has 0 saturated carbocycles. The van der Waals surface area contributed by atoms with Gasteiger partial charge in [0.25, 0.3) is 5.91 Å². The predicted octanol–water partition coefficient (Wildman–Crippen LogP) is -0.103. The molecule has 2 heterocycles. The zero-order valence-electron chi connectivity index (χ0n) is 6.65. The molecule has 1 saturated heterocycles. The Morgan fingerprint density at radius 1 is 1.83 bits per heavy atom. The van der Waals surface area contributed by atoms with Crippen LogP contribution in [0.3, 0.4) is 0 Å². The second kappa shape index (κ2) is 2.60. The van der Waals surface area contributed by atoms with Crippen molar-refractivity contribution in [1.29, 1.82) is 0 Å². The van der Waals surface area contributed by atoms with Crippen LogP contribution < -0.4 is 0 Å². The third kappa shape index (κ3) is 0.984. The number of hydrogen-bond acceptors (Lipinski definition) is 3. The van der Waals surface area contributed by atoms with Gasteiger partial charge in [0.05, 0.1) is 0 Å². The van der Waals surface area contributed by atoms with Crippen LogP contribution in [0.5, 0.6) is 0 Å². The van der Waals surface area contributed by atoms with Crippen molar-refractivity contribution in [1.82, 2.24) is 14.9 Å². The highest BCUT2D eigenvalue weighted by molar-refractivity contribution is 5.78. The van der Waals surface area contributed by atoms with E-state index in [0.717, 1.165) is 0 Å². The predicted molar refractivity (Wildman–Crippen MR) is 40.1 cm³/mol. The van der Waals surface area contributed by atoms with Crippen molar-refractivity contribution in [2.45, 2.75) is 6.23 Å². The lowest BCUT2D eigenvalue weighted by molar-refractivity contribution is -0.126. The summed E-state index contributed by atoms with van der Waals surface area (Å²) in [6, 6.07) is 0. The van der Waals surface area contributed by atoms with Crippen LogP contribution in [0, 0.1) is 0 Å². The van der Waals surface area contributed by atoms with Gasteiger partial charge in [-0.1, -0.05) is 0 Å². The maximum Gasteiger partial charge on any atom is 0.250 e. The molecule has 5 heteroatoms. The molecule has 1 amide bonds. The van der Waals surface area contributed by atoms with Crippen molar-refractivity contribution in [3.8, 4) is 0 Å². The standard InChI is InChI=1S/C7H9N3O2/c1-10-5(11)4-12-7(10)6-8-2-3-9-6/h2-3,7H,4H2,1H3,(H,8,9). The fourth-order valence-electron chi connectivity index (χ4n) is 1.17. The van der Waals surface area contributed by atoms with Crippen molar-refractivity contribution in [3.63, 3.8) is 0 Å². The molecule has 12 heavy (non-hydrogen) atoms. The Hall–Kier alpha value is -1.36. The number of rotatable bonds is 1. The molecule has 0 spiro atoms. The molecule has 1 unspecified atom stereocenters. The Morgan fingerprint density at radius 2 is 2.67 bits per heavy atom. The number of ether oxygens (including phenoxy) is 1. The summed E-state index contributed by atoms with van der Waals surface area (Å²) in [5.41, 5.74) is 0. The van der Waals surface area contributed by atoms with Gasteiger partial charge in [-0.25, -0.2) is 4.98 Å². The van der Waals surface area contributed by atoms with Crippen molar-refractivity contribution >= 4 is 5.91 Å². The Labute approximate surface area is 69.3 Å². The van der Waals surface area contributed by atoms with E-state index in [4.69, 9.17) is 4.74 Å². The molecular formula is C7H9N3O2. The Balaban J connectivity index is 2.21. The third-order valence-corrected chi connectivity index (χ3v) is 1.86. The van der Waals surface area contributed by atoms with E-state index >= 15 is 0 Å². The zero-order valence-corrected chi connectivity index (χ0v) is 6.65. The third-order valence-electron chi connectivity index (χ3n) is 1.86. The second-order valence-electron chi connectivity index (χ2n) is 2.64. The van der Waals surface area contributed by atoms with E-state index in [2.05, 4.69) is 9.97 Å². The van der Waals surface area contributed by atoms with Crippen LogP contribution in [0.25, 0.3) is 0 Å². The average molecular weight is 167 g/mol. The van der Waals surface area contributed by atoms with Gasteiger partial charge in [-0.15, -0.1) is 0 Å². The summed E-state index contributed by atoms with van der Waals surface area (Å²) in [7, 11) is 1.70. The molecule has 1 N–H and O–H groups in total. The number of nitrogens with zero attached hydrogens (tertiary/aromatic N) is 2. The number of carbonyl (C=O) groups excluding carboxylic acids is 1. The van der Waals surface area contributed by atoms with Crippen LogP contribution in [0.4, 0.5) is 0 Å². The molecule has 0 bridgehead atoms. The molecular weight excluding hydrogens is 158 g/mol. The summed E-state index contributed by atoms with van der Waals surface area (Å²) in [5, 5.41) is 0. The van der Waals surface area contributed by atoms with Crippen LogP contribution in [0.1, 0.15) is 12.1 Å². The Bertz CT molecular complexity index is 283. The van der Waals surface area contributed by atoms with Gasteiger partial charge in [0.15, 0.2) is 12.1 Å². The van der Waals surface area contributed by atoms with Gasteiger partial charge < -0.3 is 14.6 Å². The van der Waals surface area contributed by atoms with E-state index < -0.39 is 0 Å². The van der Waals surface area contributed by atoms with E-state index in [1.165, 1.54) is 4.90 Å². The molecule has 0 aromatic carbocycles. The fraction of sp³-hybridized carbons (Fsp3) is 0.429. The first-order valence-corrected chi connectivity index (χ1v) is 3.65. The number of nitrogens with one attached hydrogen (secondary N) is 1. The van der Waals surface area contributed by atoms with Crippen molar-refractivity contribution in [2.24, 2.45) is 0 Å². The summed E-state index contributed by atoms with van der Waals surface area (Å²) in [5.74, 6) is 0.653. The van der Waals surface area contributed by atoms with Gasteiger partial charge in [-0.2, -0.15) is 0 Å². The van der Waals surface area contributed by atoms with Gasteiger partial charge in [0.2, 0.25) is 0 Å². The topological polar surface area (TPSA) is 58.2 Å². The lowest BCUT2D eigenvalue weighted by Crippen LogP contribution is -2.24. The summed E-state index contributed by atoms with van der Waals surface area (Å²) >= 11 is 0. The van der Waals surface area contributed by atoms with Gasteiger partial charge in [-0.3, -0.25) is 4.79 Å². The van der Waals surface area contributed by atoms with E-state index in [1.54, 1.807) is 19.4 Å². The molecule has 0 aliphatic carbocycles. The highest BCUT2D eigenvalue weighted by Gasteiger charge is 2.31. The van der Waals surface area contributed by atoms with E-state index in [1.807, 2.05) is 0 Å². The molecule has 0 radical (unpaired) electrons. The first-order valence-electron chi connectivity index (χ1n) is 3.65. The number of likely N-dealkylation sites (N-methyl/N-ethyl adjacent to an activating group) is 1. The van der Waals surface area contributed by atoms with E-state index in [0.29, 0.717) is 5.82 Å². The first-order chi connectivity index (χ1) is 5.79. The van der Waals surface area contributed by atoms with Crippen LogP contribution in [-0.4, -0.2) is 34.4 Å². The lowest BCUT2D eigenvalue weighted by Gasteiger charge is -2.15. The molecule has 1 aliphatic heterocycles. The molecule has 64 valence electrons. The minimum absolute atomic E-state index is 0.0172. The maximum atomic E-state index is 11.0. The highest BCUT2D eigenvalue weighted by atomic mass is 16.5. The van der Waals surface area contributed by atoms with E-state index in [9.17, 15) is 4.79 Å². The smallest absolute Gasteiger partial charge is 0.250 e. The molecule has 1 atom stereocenters. The van der Waals surface area contributed by atoms with Crippen LogP contribution in [0.2, 0.25) is 0 Å². The van der Waals surface area contributed by atoms with Crippen molar-refractivity contribution in [2.75, 3.05) is 13.7 Å². The van der Waals surface area contributed by atoms with Crippen LogP contribution in [-0.2, 0) is 9.53 Å². The first kappa shape index (κ1) is 7.30. The van der Waals surface area contributed by atoms with Crippen LogP contribution >= 0.6 is 0 Å². The number of aromatic amines is 1. The Kier molecular flexibility index (Phi) is 1.58. The van der Waals surface area contributed by atoms with Crippen molar-refractivity contribution in [3.05, 3.63) is 18.2 Å². The second-order valence-corrected chi connectivity index (χ2v) is 2.64. The summed E-state index contributed by atoms with van der Waals surface area (Å²) in [4.78, 5) is 19.5. The quantitative estimate of drug-likeness (QED) is 0.635. The monoisotopic (exact) mass is 167 g/mol. The van der Waals surface area contributed by atoms with E-state index in [-0.39, 0.29) is 18.7 Å². The molecule has 1 aliphatic rings. The summed E-state index contributed by atoms with van der Waals surface area (Å²) in [6.07, 6.45) is 3.00. The van der Waals surface area contributed by atoms with Crippen LogP contribution in [0.15, 0.2) is 12.4 Å². The number of hydrogen-bond donors (Lipinski definition) is 1. The maximum absolute atomic E-state index is 11.0. The molecule has 1 aromatic heterocycles. The lowest BCUT2D eigenvalue weighted by atomic mass is 10.5. The van der Waals surface area contributed by atoms with Gasteiger partial charge in [-0.05, 0) is 0 Å². The van der Waals surface area contributed by atoms with Gasteiger partial charge in [0.1, 0.15) is 6.61 Å². The minimum Gasteiger partial charge on any atom is -0.345 e. The van der Waals surface area contributed by atoms with Gasteiger partial charge in [0, 0.05) is 19.4 Å². The minimum atomic E-state index is -0.340. The fourth-order valence-corrected chi connectivity index (χ4v) is 1.17.